The fourth-order valence-corrected chi connectivity index (χ4v) is 11.2. The summed E-state index contributed by atoms with van der Waals surface area (Å²) in [5.74, 6) is 0. The number of benzene rings is 8. The van der Waals surface area contributed by atoms with Gasteiger partial charge in [-0.15, -0.1) is 22.7 Å². The average Bonchev–Trinajstić information content (AvgIpc) is 3.95. The second-order valence-electron chi connectivity index (χ2n) is 13.7. The summed E-state index contributed by atoms with van der Waals surface area (Å²) in [6, 6.07) is 62.7. The Bertz CT molecular complexity index is 3300. The molecule has 0 atom stereocenters. The van der Waals surface area contributed by atoms with Crippen molar-refractivity contribution in [2.75, 3.05) is 0 Å². The van der Waals surface area contributed by atoms with Crippen molar-refractivity contribution in [2.45, 2.75) is 0 Å². The topological polar surface area (TPSA) is 9.86 Å². The Morgan fingerprint density at radius 3 is 1.31 bits per heavy atom. The molecule has 2 nitrogen and oxygen atoms in total. The first-order valence-corrected chi connectivity index (χ1v) is 19.3. The summed E-state index contributed by atoms with van der Waals surface area (Å²) in [5, 5.41) is 10.4. The highest BCUT2D eigenvalue weighted by Crippen LogP contribution is 2.49. The van der Waals surface area contributed by atoms with Crippen molar-refractivity contribution in [3.63, 3.8) is 0 Å². The minimum atomic E-state index is 1.19. The number of hydrogen-bond donors (Lipinski definition) is 0. The van der Waals surface area contributed by atoms with Gasteiger partial charge in [0.1, 0.15) is 0 Å². The van der Waals surface area contributed by atoms with Gasteiger partial charge in [0.15, 0.2) is 0 Å². The first-order chi connectivity index (χ1) is 25.8. The third kappa shape index (κ3) is 3.88. The molecular weight excluding hydrogens is 669 g/mol. The Kier molecular flexibility index (Phi) is 5.84. The zero-order valence-electron chi connectivity index (χ0n) is 27.9. The maximum absolute atomic E-state index is 2.46. The highest BCUT2D eigenvalue weighted by atomic mass is 32.1. The number of thiophene rings is 2. The molecular formula is C48H28N2S2. The van der Waals surface area contributed by atoms with Crippen LogP contribution in [-0.2, 0) is 0 Å². The van der Waals surface area contributed by atoms with E-state index in [1.165, 1.54) is 106 Å². The summed E-state index contributed by atoms with van der Waals surface area (Å²) in [5.41, 5.74) is 9.86. The third-order valence-electron chi connectivity index (χ3n) is 10.9. The molecule has 8 aromatic carbocycles. The summed E-state index contributed by atoms with van der Waals surface area (Å²) < 4.78 is 10.2. The molecule has 0 bridgehead atoms. The standard InChI is InChI=1S/C48H28N2S2/c1-2-12-29(13-3-1)36-28-38-37-26-30(49-40-18-8-4-14-32(40)33-15-5-9-19-41(33)49)22-24-44(37)51-48(38)46-39-27-31(23-25-45(39)52-47(36)46)50-42-20-10-6-16-34(42)35-17-7-11-21-43(35)50/h1-28H. The van der Waals surface area contributed by atoms with Crippen LogP contribution in [0.15, 0.2) is 170 Å². The third-order valence-corrected chi connectivity index (χ3v) is 13.3. The summed E-state index contributed by atoms with van der Waals surface area (Å²) in [4.78, 5) is 0. The first-order valence-electron chi connectivity index (χ1n) is 17.7. The minimum Gasteiger partial charge on any atom is -0.309 e. The summed E-state index contributed by atoms with van der Waals surface area (Å²) in [6.07, 6.45) is 0. The fourth-order valence-electron chi connectivity index (χ4n) is 8.66. The van der Waals surface area contributed by atoms with Gasteiger partial charge in [0.05, 0.1) is 22.1 Å². The summed E-state index contributed by atoms with van der Waals surface area (Å²) in [7, 11) is 0. The molecule has 0 N–H and O–H groups in total. The second kappa shape index (κ2) is 10.7. The SMILES string of the molecule is c1ccc(-c2cc3c4cc(-n5c6ccccc6c6ccccc65)ccc4sc3c3c2sc2ccc(-n4c5ccccc5c5ccccc54)cc23)cc1. The van der Waals surface area contributed by atoms with Crippen LogP contribution in [0, 0.1) is 0 Å². The van der Waals surface area contributed by atoms with E-state index in [9.17, 15) is 0 Å². The van der Waals surface area contributed by atoms with E-state index in [-0.39, 0.29) is 0 Å². The van der Waals surface area contributed by atoms with Crippen molar-refractivity contribution in [1.29, 1.82) is 0 Å². The van der Waals surface area contributed by atoms with E-state index in [0.717, 1.165) is 0 Å². The van der Waals surface area contributed by atoms with Crippen molar-refractivity contribution in [3.05, 3.63) is 170 Å². The monoisotopic (exact) mass is 696 g/mol. The van der Waals surface area contributed by atoms with Gasteiger partial charge in [0.2, 0.25) is 0 Å². The highest BCUT2D eigenvalue weighted by molar-refractivity contribution is 7.30. The van der Waals surface area contributed by atoms with Crippen LogP contribution in [0.3, 0.4) is 0 Å². The number of hydrogen-bond acceptors (Lipinski definition) is 2. The van der Waals surface area contributed by atoms with Gasteiger partial charge in [-0.3, -0.25) is 0 Å². The van der Waals surface area contributed by atoms with Crippen molar-refractivity contribution in [2.24, 2.45) is 0 Å². The van der Waals surface area contributed by atoms with Crippen LogP contribution in [0.1, 0.15) is 0 Å². The van der Waals surface area contributed by atoms with Gasteiger partial charge in [-0.1, -0.05) is 103 Å². The molecule has 242 valence electrons. The molecule has 0 aliphatic heterocycles. The van der Waals surface area contributed by atoms with E-state index >= 15 is 0 Å². The van der Waals surface area contributed by atoms with E-state index < -0.39 is 0 Å². The zero-order chi connectivity index (χ0) is 33.9. The van der Waals surface area contributed by atoms with Crippen molar-refractivity contribution >= 4 is 107 Å². The first kappa shape index (κ1) is 28.5. The van der Waals surface area contributed by atoms with Crippen LogP contribution >= 0.6 is 22.7 Å². The predicted molar refractivity (Wildman–Crippen MR) is 226 cm³/mol. The molecule has 0 saturated heterocycles. The molecule has 0 unspecified atom stereocenters. The Balaban J connectivity index is 1.18. The van der Waals surface area contributed by atoms with Crippen molar-refractivity contribution < 1.29 is 0 Å². The Labute approximate surface area is 306 Å². The number of para-hydroxylation sites is 4. The molecule has 0 aliphatic rings. The molecule has 0 radical (unpaired) electrons. The van der Waals surface area contributed by atoms with Crippen molar-refractivity contribution in [1.82, 2.24) is 9.13 Å². The van der Waals surface area contributed by atoms with Gasteiger partial charge < -0.3 is 9.13 Å². The van der Waals surface area contributed by atoms with Gasteiger partial charge in [-0.2, -0.15) is 0 Å². The molecule has 0 amide bonds. The molecule has 52 heavy (non-hydrogen) atoms. The van der Waals surface area contributed by atoms with Crippen LogP contribution in [0.5, 0.6) is 0 Å². The number of nitrogens with zero attached hydrogens (tertiary/aromatic N) is 2. The Hall–Kier alpha value is -6.20. The van der Waals surface area contributed by atoms with Crippen LogP contribution < -0.4 is 0 Å². The maximum atomic E-state index is 2.46. The average molecular weight is 697 g/mol. The molecule has 0 aliphatic carbocycles. The van der Waals surface area contributed by atoms with Crippen LogP contribution in [0.25, 0.3) is 106 Å². The quantitative estimate of drug-likeness (QED) is 0.174. The predicted octanol–water partition coefficient (Wildman–Crippen LogP) is 14.3. The lowest BCUT2D eigenvalue weighted by molar-refractivity contribution is 1.19. The molecule has 0 spiro atoms. The molecule has 0 saturated carbocycles. The molecule has 4 heterocycles. The number of aromatic nitrogens is 2. The van der Waals surface area contributed by atoms with E-state index in [1.807, 2.05) is 22.7 Å². The molecule has 4 aromatic heterocycles. The van der Waals surface area contributed by atoms with E-state index in [2.05, 4.69) is 179 Å². The Morgan fingerprint density at radius 1 is 0.327 bits per heavy atom. The van der Waals surface area contributed by atoms with Gasteiger partial charge in [0.25, 0.3) is 0 Å². The smallest absolute Gasteiger partial charge is 0.0541 e. The van der Waals surface area contributed by atoms with Crippen molar-refractivity contribution in [3.8, 4) is 22.5 Å². The lowest BCUT2D eigenvalue weighted by atomic mass is 9.99. The van der Waals surface area contributed by atoms with Crippen LogP contribution in [0.2, 0.25) is 0 Å². The normalized spacial score (nSPS) is 12.2. The molecule has 12 aromatic rings. The van der Waals surface area contributed by atoms with Crippen LogP contribution in [-0.4, -0.2) is 9.13 Å². The number of rotatable bonds is 3. The van der Waals surface area contributed by atoms with E-state index in [0.29, 0.717) is 0 Å². The number of fused-ring (bicyclic) bond motifs is 13. The van der Waals surface area contributed by atoms with Crippen LogP contribution in [0.4, 0.5) is 0 Å². The highest BCUT2D eigenvalue weighted by Gasteiger charge is 2.21. The fraction of sp³-hybridized carbons (Fsp3) is 0. The van der Waals surface area contributed by atoms with Gasteiger partial charge in [-0.25, -0.2) is 0 Å². The molecule has 0 fully saturated rings. The maximum Gasteiger partial charge on any atom is 0.0541 e. The minimum absolute atomic E-state index is 1.19. The molecule has 12 rings (SSSR count). The van der Waals surface area contributed by atoms with Gasteiger partial charge in [0, 0.05) is 78.8 Å². The van der Waals surface area contributed by atoms with E-state index in [4.69, 9.17) is 0 Å². The van der Waals surface area contributed by atoms with Gasteiger partial charge in [-0.05, 0) is 72.3 Å². The summed E-state index contributed by atoms with van der Waals surface area (Å²) in [6.45, 7) is 0. The van der Waals surface area contributed by atoms with Gasteiger partial charge >= 0.3 is 0 Å². The summed E-state index contributed by atoms with van der Waals surface area (Å²) >= 11 is 3.85. The zero-order valence-corrected chi connectivity index (χ0v) is 29.5. The molecule has 4 heteroatoms. The largest absolute Gasteiger partial charge is 0.309 e. The lowest BCUT2D eigenvalue weighted by Crippen LogP contribution is -1.93. The second-order valence-corrected chi connectivity index (χ2v) is 15.8. The Morgan fingerprint density at radius 2 is 0.769 bits per heavy atom. The lowest BCUT2D eigenvalue weighted by Gasteiger charge is -2.09. The van der Waals surface area contributed by atoms with E-state index in [1.54, 1.807) is 0 Å².